The number of imidazole rings is 1. The fourth-order valence-electron chi connectivity index (χ4n) is 2.85. The molecular weight excluding hydrogens is 310 g/mol. The topological polar surface area (TPSA) is 46.9 Å². The van der Waals surface area contributed by atoms with Crippen LogP contribution in [-0.4, -0.2) is 15.6 Å². The Bertz CT molecular complexity index is 1000. The normalized spacial score (nSPS) is 10.7. The molecule has 0 fully saturated rings. The molecule has 1 heterocycles. The standard InChI is InChI=1S/C21H17N3O/c25-21(23-24-15-22-19-8-4-5-9-20(19)24)14-16-10-12-18(13-11-16)17-6-2-1-3-7-17/h1-13,15H,14H2,(H,23,25). The third-order valence-corrected chi connectivity index (χ3v) is 4.12. The predicted octanol–water partition coefficient (Wildman–Crippen LogP) is 4.02. The van der Waals surface area contributed by atoms with Gasteiger partial charge in [0.05, 0.1) is 17.5 Å². The minimum atomic E-state index is -0.0735. The third kappa shape index (κ3) is 3.28. The van der Waals surface area contributed by atoms with Gasteiger partial charge in [-0.05, 0) is 28.8 Å². The molecule has 0 aliphatic carbocycles. The van der Waals surface area contributed by atoms with Crippen molar-refractivity contribution in [3.8, 4) is 11.1 Å². The molecule has 4 aromatic rings. The van der Waals surface area contributed by atoms with E-state index in [0.717, 1.165) is 22.2 Å². The van der Waals surface area contributed by atoms with Gasteiger partial charge in [0.25, 0.3) is 0 Å². The van der Waals surface area contributed by atoms with Crippen molar-refractivity contribution in [1.29, 1.82) is 0 Å². The molecule has 0 spiro atoms. The van der Waals surface area contributed by atoms with E-state index in [2.05, 4.69) is 22.5 Å². The Kier molecular flexibility index (Phi) is 4.01. The van der Waals surface area contributed by atoms with E-state index >= 15 is 0 Å². The molecule has 0 bridgehead atoms. The zero-order valence-electron chi connectivity index (χ0n) is 13.6. The number of rotatable bonds is 4. The molecule has 1 amide bonds. The summed E-state index contributed by atoms with van der Waals surface area (Å²) in [5.41, 5.74) is 7.90. The first-order valence-electron chi connectivity index (χ1n) is 8.16. The van der Waals surface area contributed by atoms with Gasteiger partial charge in [0.1, 0.15) is 6.33 Å². The molecule has 4 rings (SSSR count). The van der Waals surface area contributed by atoms with Gasteiger partial charge in [0, 0.05) is 0 Å². The molecule has 3 aromatic carbocycles. The van der Waals surface area contributed by atoms with Crippen LogP contribution >= 0.6 is 0 Å². The quantitative estimate of drug-likeness (QED) is 0.615. The highest BCUT2D eigenvalue weighted by Gasteiger charge is 2.07. The molecule has 25 heavy (non-hydrogen) atoms. The number of nitrogens with one attached hydrogen (secondary N) is 1. The van der Waals surface area contributed by atoms with E-state index in [1.807, 2.05) is 66.7 Å². The van der Waals surface area contributed by atoms with Crippen LogP contribution in [0.5, 0.6) is 0 Å². The van der Waals surface area contributed by atoms with Crippen LogP contribution in [0, 0.1) is 0 Å². The molecule has 0 atom stereocenters. The molecule has 4 nitrogen and oxygen atoms in total. The van der Waals surface area contributed by atoms with Gasteiger partial charge >= 0.3 is 0 Å². The lowest BCUT2D eigenvalue weighted by Crippen LogP contribution is -2.23. The van der Waals surface area contributed by atoms with Gasteiger partial charge in [-0.15, -0.1) is 0 Å². The summed E-state index contributed by atoms with van der Waals surface area (Å²) in [6.07, 6.45) is 1.95. The zero-order chi connectivity index (χ0) is 17.1. The Morgan fingerprint density at radius 2 is 1.52 bits per heavy atom. The van der Waals surface area contributed by atoms with Gasteiger partial charge in [0.15, 0.2) is 0 Å². The van der Waals surface area contributed by atoms with E-state index in [1.54, 1.807) is 11.0 Å². The highest BCUT2D eigenvalue weighted by atomic mass is 16.2. The van der Waals surface area contributed by atoms with Crippen LogP contribution in [0.3, 0.4) is 0 Å². The first-order chi connectivity index (χ1) is 12.3. The fraction of sp³-hybridized carbons (Fsp3) is 0.0476. The van der Waals surface area contributed by atoms with Gasteiger partial charge in [-0.2, -0.15) is 0 Å². The number of carbonyl (C=O) groups excluding carboxylic acids is 1. The molecule has 0 saturated heterocycles. The van der Waals surface area contributed by atoms with Crippen LogP contribution in [0.2, 0.25) is 0 Å². The smallest absolute Gasteiger partial charge is 0.243 e. The minimum absolute atomic E-state index is 0.0735. The first-order valence-corrected chi connectivity index (χ1v) is 8.16. The molecule has 0 aliphatic heterocycles. The molecule has 1 aromatic heterocycles. The molecule has 0 aliphatic rings. The first kappa shape index (κ1) is 15.1. The number of hydrogen-bond donors (Lipinski definition) is 1. The van der Waals surface area contributed by atoms with Gasteiger partial charge in [-0.25, -0.2) is 9.66 Å². The zero-order valence-corrected chi connectivity index (χ0v) is 13.6. The molecule has 0 radical (unpaired) electrons. The number of aromatic nitrogens is 2. The predicted molar refractivity (Wildman–Crippen MR) is 99.7 cm³/mol. The van der Waals surface area contributed by atoms with Crippen LogP contribution in [0.1, 0.15) is 5.56 Å². The van der Waals surface area contributed by atoms with Crippen molar-refractivity contribution >= 4 is 16.9 Å². The van der Waals surface area contributed by atoms with Crippen molar-refractivity contribution in [3.63, 3.8) is 0 Å². The molecule has 1 N–H and O–H groups in total. The molecule has 4 heteroatoms. The number of carbonyl (C=O) groups is 1. The maximum atomic E-state index is 12.3. The van der Waals surface area contributed by atoms with Crippen LogP contribution < -0.4 is 5.43 Å². The van der Waals surface area contributed by atoms with Crippen molar-refractivity contribution in [1.82, 2.24) is 9.66 Å². The van der Waals surface area contributed by atoms with Gasteiger partial charge in [-0.1, -0.05) is 66.7 Å². The van der Waals surface area contributed by atoms with E-state index in [4.69, 9.17) is 0 Å². The SMILES string of the molecule is O=C(Cc1ccc(-c2ccccc2)cc1)Nn1cnc2ccccc21. The summed E-state index contributed by atoms with van der Waals surface area (Å²) < 4.78 is 1.66. The Hall–Kier alpha value is -3.40. The van der Waals surface area contributed by atoms with Crippen molar-refractivity contribution in [2.75, 3.05) is 5.43 Å². The number of benzene rings is 3. The van der Waals surface area contributed by atoms with Crippen molar-refractivity contribution < 1.29 is 4.79 Å². The monoisotopic (exact) mass is 327 g/mol. The van der Waals surface area contributed by atoms with E-state index in [0.29, 0.717) is 6.42 Å². The summed E-state index contributed by atoms with van der Waals surface area (Å²) in [6.45, 7) is 0. The summed E-state index contributed by atoms with van der Waals surface area (Å²) in [5.74, 6) is -0.0735. The Morgan fingerprint density at radius 1 is 0.840 bits per heavy atom. The van der Waals surface area contributed by atoms with Gasteiger partial charge in [-0.3, -0.25) is 10.2 Å². The average Bonchev–Trinajstić information content (AvgIpc) is 3.06. The Labute approximate surface area is 145 Å². The van der Waals surface area contributed by atoms with Crippen molar-refractivity contribution in [2.24, 2.45) is 0 Å². The second kappa shape index (κ2) is 6.61. The Morgan fingerprint density at radius 3 is 2.32 bits per heavy atom. The summed E-state index contributed by atoms with van der Waals surface area (Å²) in [5, 5.41) is 0. The van der Waals surface area contributed by atoms with E-state index in [9.17, 15) is 4.79 Å². The van der Waals surface area contributed by atoms with E-state index < -0.39 is 0 Å². The number of nitrogens with zero attached hydrogens (tertiary/aromatic N) is 2. The molecule has 122 valence electrons. The number of para-hydroxylation sites is 2. The maximum absolute atomic E-state index is 12.3. The largest absolute Gasteiger partial charge is 0.273 e. The second-order valence-corrected chi connectivity index (χ2v) is 5.88. The summed E-state index contributed by atoms with van der Waals surface area (Å²) in [4.78, 5) is 16.6. The van der Waals surface area contributed by atoms with Gasteiger partial charge < -0.3 is 0 Å². The highest BCUT2D eigenvalue weighted by Crippen LogP contribution is 2.19. The second-order valence-electron chi connectivity index (χ2n) is 5.88. The number of amides is 1. The van der Waals surface area contributed by atoms with Crippen molar-refractivity contribution in [2.45, 2.75) is 6.42 Å². The van der Waals surface area contributed by atoms with Crippen LogP contribution in [-0.2, 0) is 11.2 Å². The Balaban J connectivity index is 1.46. The number of hydrogen-bond acceptors (Lipinski definition) is 2. The van der Waals surface area contributed by atoms with Crippen LogP contribution in [0.15, 0.2) is 85.2 Å². The third-order valence-electron chi connectivity index (χ3n) is 4.12. The molecule has 0 unspecified atom stereocenters. The summed E-state index contributed by atoms with van der Waals surface area (Å²) in [7, 11) is 0. The summed E-state index contributed by atoms with van der Waals surface area (Å²) >= 11 is 0. The average molecular weight is 327 g/mol. The van der Waals surface area contributed by atoms with E-state index in [-0.39, 0.29) is 5.91 Å². The lowest BCUT2D eigenvalue weighted by atomic mass is 10.0. The van der Waals surface area contributed by atoms with Crippen molar-refractivity contribution in [3.05, 3.63) is 90.8 Å². The lowest BCUT2D eigenvalue weighted by molar-refractivity contribution is -0.116. The highest BCUT2D eigenvalue weighted by molar-refractivity contribution is 5.88. The van der Waals surface area contributed by atoms with Crippen LogP contribution in [0.25, 0.3) is 22.2 Å². The number of fused-ring (bicyclic) bond motifs is 1. The summed E-state index contributed by atoms with van der Waals surface area (Å²) in [6, 6.07) is 26.0. The van der Waals surface area contributed by atoms with E-state index in [1.165, 1.54) is 5.56 Å². The van der Waals surface area contributed by atoms with Crippen LogP contribution in [0.4, 0.5) is 0 Å². The van der Waals surface area contributed by atoms with Gasteiger partial charge in [0.2, 0.25) is 5.91 Å². The minimum Gasteiger partial charge on any atom is -0.273 e. The maximum Gasteiger partial charge on any atom is 0.243 e. The molecule has 0 saturated carbocycles. The molecular formula is C21H17N3O. The lowest BCUT2D eigenvalue weighted by Gasteiger charge is -2.08. The fourth-order valence-corrected chi connectivity index (χ4v) is 2.85.